The van der Waals surface area contributed by atoms with Gasteiger partial charge in [-0.2, -0.15) is 0 Å². The van der Waals surface area contributed by atoms with E-state index in [1.54, 1.807) is 0 Å². The maximum absolute atomic E-state index is 13.9. The standard InChI is InChI=1S/C25H38N2O2/c1-5-7-9-21-18(4)25(24(29)27(21)13-8-6-2)12-14-26-16-19-10-11-22(28)17(3)20(19)15-23(25)26/h5,7,9,17,19-20,22-23,28H,4,6,8,10-16H2,1-3H3/b7-5-,21-9+/t17-,19+,20-,22+,23+,25+/m1/s1. The van der Waals surface area contributed by atoms with Crippen molar-refractivity contribution in [1.82, 2.24) is 9.80 Å². The van der Waals surface area contributed by atoms with Gasteiger partial charge in [-0.05, 0) is 75.0 Å². The minimum absolute atomic E-state index is 0.186. The molecule has 4 rings (SSSR count). The normalized spacial score (nSPS) is 41.7. The third-order valence-corrected chi connectivity index (χ3v) is 8.44. The van der Waals surface area contributed by atoms with Gasteiger partial charge in [0.25, 0.3) is 0 Å². The van der Waals surface area contributed by atoms with Crippen LogP contribution in [0, 0.1) is 23.2 Å². The van der Waals surface area contributed by atoms with Crippen LogP contribution in [-0.2, 0) is 4.79 Å². The van der Waals surface area contributed by atoms with Crippen molar-refractivity contribution in [2.24, 2.45) is 23.2 Å². The summed E-state index contributed by atoms with van der Waals surface area (Å²) < 4.78 is 0. The van der Waals surface area contributed by atoms with Crippen LogP contribution in [0.25, 0.3) is 0 Å². The fraction of sp³-hybridized carbons (Fsp3) is 0.720. The maximum atomic E-state index is 13.9. The third kappa shape index (κ3) is 3.14. The van der Waals surface area contributed by atoms with Crippen molar-refractivity contribution in [3.05, 3.63) is 36.1 Å². The molecule has 0 aromatic carbocycles. The van der Waals surface area contributed by atoms with Crippen LogP contribution in [0.15, 0.2) is 36.1 Å². The second-order valence-electron chi connectivity index (χ2n) is 9.76. The highest BCUT2D eigenvalue weighted by atomic mass is 16.3. The van der Waals surface area contributed by atoms with Crippen molar-refractivity contribution in [2.45, 2.75) is 71.4 Å². The Morgan fingerprint density at radius 1 is 1.34 bits per heavy atom. The molecule has 0 aromatic heterocycles. The largest absolute Gasteiger partial charge is 0.393 e. The van der Waals surface area contributed by atoms with Gasteiger partial charge >= 0.3 is 0 Å². The molecule has 0 radical (unpaired) electrons. The number of nitrogens with zero attached hydrogens (tertiary/aromatic N) is 2. The number of fused-ring (bicyclic) bond motifs is 3. The van der Waals surface area contributed by atoms with E-state index in [4.69, 9.17) is 0 Å². The Bertz CT molecular complexity index is 726. The summed E-state index contributed by atoms with van der Waals surface area (Å²) in [5.41, 5.74) is 1.60. The number of rotatable bonds is 4. The second kappa shape index (κ2) is 8.03. The molecule has 4 fully saturated rings. The first-order valence-corrected chi connectivity index (χ1v) is 11.7. The van der Waals surface area contributed by atoms with Gasteiger partial charge in [0.1, 0.15) is 0 Å². The fourth-order valence-corrected chi connectivity index (χ4v) is 6.68. The number of likely N-dealkylation sites (tertiary alicyclic amines) is 1. The van der Waals surface area contributed by atoms with Gasteiger partial charge in [-0.1, -0.05) is 39.0 Å². The van der Waals surface area contributed by atoms with Gasteiger partial charge in [0.05, 0.1) is 11.5 Å². The average molecular weight is 399 g/mol. The third-order valence-electron chi connectivity index (χ3n) is 8.44. The van der Waals surface area contributed by atoms with Gasteiger partial charge in [-0.15, -0.1) is 0 Å². The molecule has 0 aromatic rings. The fourth-order valence-electron chi connectivity index (χ4n) is 6.68. The molecule has 1 aliphatic carbocycles. The molecule has 1 saturated carbocycles. The summed E-state index contributed by atoms with van der Waals surface area (Å²) in [6, 6.07) is 0.233. The summed E-state index contributed by atoms with van der Waals surface area (Å²) in [4.78, 5) is 18.5. The minimum Gasteiger partial charge on any atom is -0.393 e. The predicted octanol–water partition coefficient (Wildman–Crippen LogP) is 4.13. The zero-order valence-electron chi connectivity index (χ0n) is 18.4. The van der Waals surface area contributed by atoms with Crippen molar-refractivity contribution >= 4 is 5.91 Å². The molecule has 1 N–H and O–H groups in total. The van der Waals surface area contributed by atoms with Gasteiger partial charge in [-0.25, -0.2) is 0 Å². The minimum atomic E-state index is -0.464. The molecule has 0 bridgehead atoms. The van der Waals surface area contributed by atoms with Crippen LogP contribution in [-0.4, -0.2) is 52.6 Å². The molecule has 4 nitrogen and oxygen atoms in total. The summed E-state index contributed by atoms with van der Waals surface area (Å²) in [6.45, 7) is 13.8. The number of amides is 1. The number of hydrogen-bond acceptors (Lipinski definition) is 3. The Kier molecular flexibility index (Phi) is 5.78. The van der Waals surface area contributed by atoms with Crippen LogP contribution in [0.5, 0.6) is 0 Å². The van der Waals surface area contributed by atoms with Crippen LogP contribution in [0.2, 0.25) is 0 Å². The quantitative estimate of drug-likeness (QED) is 0.774. The molecule has 29 heavy (non-hydrogen) atoms. The monoisotopic (exact) mass is 398 g/mol. The van der Waals surface area contributed by atoms with Crippen molar-refractivity contribution in [3.63, 3.8) is 0 Å². The topological polar surface area (TPSA) is 43.8 Å². The van der Waals surface area contributed by atoms with E-state index in [1.165, 1.54) is 0 Å². The molecule has 3 aliphatic heterocycles. The SMILES string of the molecule is C=C1/C(=C\C=C/C)N(CCCC)C(=O)[C@@]12CCN1C[C@@H]3CC[C@H](O)[C@H](C)[C@H]3C[C@H]12. The van der Waals surface area contributed by atoms with Crippen molar-refractivity contribution in [1.29, 1.82) is 0 Å². The van der Waals surface area contributed by atoms with E-state index in [-0.39, 0.29) is 18.1 Å². The summed E-state index contributed by atoms with van der Waals surface area (Å²) in [6.07, 6.45) is 12.0. The molecule has 3 heterocycles. The maximum Gasteiger partial charge on any atom is 0.239 e. The molecular formula is C25H38N2O2. The predicted molar refractivity (Wildman–Crippen MR) is 117 cm³/mol. The summed E-state index contributed by atoms with van der Waals surface area (Å²) in [7, 11) is 0. The first kappa shape index (κ1) is 20.9. The van der Waals surface area contributed by atoms with Gasteiger partial charge in [-0.3, -0.25) is 9.69 Å². The van der Waals surface area contributed by atoms with Gasteiger partial charge in [0, 0.05) is 24.8 Å². The average Bonchev–Trinajstić information content (AvgIpc) is 3.19. The summed E-state index contributed by atoms with van der Waals surface area (Å²) in [5.74, 6) is 1.79. The Hall–Kier alpha value is -1.39. The second-order valence-corrected chi connectivity index (χ2v) is 9.76. The van der Waals surface area contributed by atoms with E-state index in [9.17, 15) is 9.90 Å². The molecule has 1 spiro atoms. The smallest absolute Gasteiger partial charge is 0.239 e. The number of aliphatic hydroxyl groups is 1. The van der Waals surface area contributed by atoms with Gasteiger partial charge < -0.3 is 10.0 Å². The highest BCUT2D eigenvalue weighted by molar-refractivity contribution is 5.95. The zero-order chi connectivity index (χ0) is 20.8. The van der Waals surface area contributed by atoms with Crippen LogP contribution >= 0.6 is 0 Å². The van der Waals surface area contributed by atoms with Gasteiger partial charge in [0.2, 0.25) is 5.91 Å². The van der Waals surface area contributed by atoms with E-state index < -0.39 is 5.41 Å². The lowest BCUT2D eigenvalue weighted by Gasteiger charge is -2.50. The molecular weight excluding hydrogens is 360 g/mol. The van der Waals surface area contributed by atoms with E-state index in [2.05, 4.69) is 31.4 Å². The molecule has 4 aliphatic rings. The number of allylic oxidation sites excluding steroid dienone is 4. The lowest BCUT2D eigenvalue weighted by molar-refractivity contribution is -0.137. The van der Waals surface area contributed by atoms with E-state index >= 15 is 0 Å². The number of carbonyl (C=O) groups excluding carboxylic acids is 1. The van der Waals surface area contributed by atoms with Crippen molar-refractivity contribution < 1.29 is 9.90 Å². The lowest BCUT2D eigenvalue weighted by Crippen LogP contribution is -2.55. The van der Waals surface area contributed by atoms with E-state index in [0.717, 1.165) is 69.4 Å². The number of carbonyl (C=O) groups is 1. The Balaban J connectivity index is 1.68. The van der Waals surface area contributed by atoms with Crippen LogP contribution in [0.4, 0.5) is 0 Å². The van der Waals surface area contributed by atoms with E-state index in [1.807, 2.05) is 24.0 Å². The number of piperidine rings is 1. The molecule has 0 unspecified atom stereocenters. The van der Waals surface area contributed by atoms with Gasteiger partial charge in [0.15, 0.2) is 0 Å². The van der Waals surface area contributed by atoms with Crippen LogP contribution in [0.1, 0.15) is 59.3 Å². The molecule has 6 atom stereocenters. The number of hydrogen-bond donors (Lipinski definition) is 1. The number of aliphatic hydroxyl groups excluding tert-OH is 1. The summed E-state index contributed by atoms with van der Waals surface area (Å²) in [5, 5.41) is 10.5. The molecule has 4 heteroatoms. The Labute approximate surface area is 176 Å². The highest BCUT2D eigenvalue weighted by Gasteiger charge is 2.63. The first-order valence-electron chi connectivity index (χ1n) is 11.7. The molecule has 1 amide bonds. The van der Waals surface area contributed by atoms with E-state index in [0.29, 0.717) is 17.8 Å². The lowest BCUT2D eigenvalue weighted by atomic mass is 9.62. The Morgan fingerprint density at radius 2 is 2.14 bits per heavy atom. The van der Waals surface area contributed by atoms with Crippen LogP contribution in [0.3, 0.4) is 0 Å². The number of unbranched alkanes of at least 4 members (excludes halogenated alkanes) is 1. The first-order chi connectivity index (χ1) is 14.0. The molecule has 160 valence electrons. The van der Waals surface area contributed by atoms with Crippen molar-refractivity contribution in [2.75, 3.05) is 19.6 Å². The Morgan fingerprint density at radius 3 is 2.86 bits per heavy atom. The van der Waals surface area contributed by atoms with Crippen LogP contribution < -0.4 is 0 Å². The molecule has 3 saturated heterocycles. The zero-order valence-corrected chi connectivity index (χ0v) is 18.4. The highest BCUT2D eigenvalue weighted by Crippen LogP contribution is 2.57. The summed E-state index contributed by atoms with van der Waals surface area (Å²) >= 11 is 0. The van der Waals surface area contributed by atoms with Crippen molar-refractivity contribution in [3.8, 4) is 0 Å².